The SMILES string of the molecule is CN(NC(=O)c1ccc2[nH]ncc2c1)c1ccccc1. The molecule has 0 aliphatic carbocycles. The molecule has 5 heteroatoms. The first-order valence-corrected chi connectivity index (χ1v) is 6.27. The fraction of sp³-hybridized carbons (Fsp3) is 0.0667. The van der Waals surface area contributed by atoms with Gasteiger partial charge in [-0.05, 0) is 30.3 Å². The molecule has 2 aromatic carbocycles. The highest BCUT2D eigenvalue weighted by Gasteiger charge is 2.09. The number of para-hydroxylation sites is 1. The van der Waals surface area contributed by atoms with E-state index >= 15 is 0 Å². The molecule has 3 aromatic rings. The Kier molecular flexibility index (Phi) is 3.09. The fourth-order valence-electron chi connectivity index (χ4n) is 2.02. The number of hydrazine groups is 1. The summed E-state index contributed by atoms with van der Waals surface area (Å²) in [6, 6.07) is 15.1. The number of benzene rings is 2. The third-order valence-electron chi connectivity index (χ3n) is 3.12. The minimum atomic E-state index is -0.153. The van der Waals surface area contributed by atoms with Crippen LogP contribution in [0.2, 0.25) is 0 Å². The van der Waals surface area contributed by atoms with Gasteiger partial charge in [0, 0.05) is 18.0 Å². The molecule has 0 saturated carbocycles. The van der Waals surface area contributed by atoms with Crippen LogP contribution in [0.25, 0.3) is 10.9 Å². The smallest absolute Gasteiger partial charge is 0.269 e. The molecule has 20 heavy (non-hydrogen) atoms. The number of nitrogens with zero attached hydrogens (tertiary/aromatic N) is 2. The number of anilines is 1. The molecular weight excluding hydrogens is 252 g/mol. The zero-order valence-electron chi connectivity index (χ0n) is 11.0. The van der Waals surface area contributed by atoms with Crippen molar-refractivity contribution in [2.75, 3.05) is 12.1 Å². The van der Waals surface area contributed by atoms with E-state index in [0.717, 1.165) is 16.6 Å². The Bertz CT molecular complexity index is 736. The molecule has 3 rings (SSSR count). The van der Waals surface area contributed by atoms with Gasteiger partial charge in [-0.15, -0.1) is 0 Å². The van der Waals surface area contributed by atoms with Crippen molar-refractivity contribution < 1.29 is 4.79 Å². The fourth-order valence-corrected chi connectivity index (χ4v) is 2.02. The number of rotatable bonds is 3. The van der Waals surface area contributed by atoms with E-state index < -0.39 is 0 Å². The van der Waals surface area contributed by atoms with Crippen molar-refractivity contribution in [3.05, 3.63) is 60.3 Å². The van der Waals surface area contributed by atoms with Crippen LogP contribution in [0.4, 0.5) is 5.69 Å². The van der Waals surface area contributed by atoms with Crippen LogP contribution >= 0.6 is 0 Å². The third-order valence-corrected chi connectivity index (χ3v) is 3.12. The van der Waals surface area contributed by atoms with Crippen molar-refractivity contribution >= 4 is 22.5 Å². The predicted octanol–water partition coefficient (Wildman–Crippen LogP) is 2.34. The maximum atomic E-state index is 12.2. The zero-order valence-corrected chi connectivity index (χ0v) is 11.0. The number of aromatic nitrogens is 2. The van der Waals surface area contributed by atoms with E-state index in [2.05, 4.69) is 15.6 Å². The van der Waals surface area contributed by atoms with E-state index in [-0.39, 0.29) is 5.91 Å². The van der Waals surface area contributed by atoms with Crippen molar-refractivity contribution in [1.82, 2.24) is 15.6 Å². The molecule has 0 aliphatic heterocycles. The van der Waals surface area contributed by atoms with E-state index in [1.807, 2.05) is 49.5 Å². The summed E-state index contributed by atoms with van der Waals surface area (Å²) in [5, 5.41) is 9.42. The van der Waals surface area contributed by atoms with Gasteiger partial charge in [-0.1, -0.05) is 18.2 Å². The molecular formula is C15H14N4O. The van der Waals surface area contributed by atoms with Gasteiger partial charge in [-0.2, -0.15) is 5.10 Å². The van der Waals surface area contributed by atoms with Gasteiger partial charge >= 0.3 is 0 Å². The molecule has 0 saturated heterocycles. The zero-order chi connectivity index (χ0) is 13.9. The van der Waals surface area contributed by atoms with Crippen molar-refractivity contribution in [3.8, 4) is 0 Å². The molecule has 5 nitrogen and oxygen atoms in total. The van der Waals surface area contributed by atoms with Crippen LogP contribution in [0.1, 0.15) is 10.4 Å². The summed E-state index contributed by atoms with van der Waals surface area (Å²) in [5.74, 6) is -0.153. The van der Waals surface area contributed by atoms with Crippen molar-refractivity contribution in [3.63, 3.8) is 0 Å². The number of hydrogen-bond acceptors (Lipinski definition) is 3. The molecule has 0 fully saturated rings. The lowest BCUT2D eigenvalue weighted by Gasteiger charge is -2.20. The number of fused-ring (bicyclic) bond motifs is 1. The van der Waals surface area contributed by atoms with Crippen molar-refractivity contribution in [2.45, 2.75) is 0 Å². The average Bonchev–Trinajstić information content (AvgIpc) is 2.95. The first kappa shape index (κ1) is 12.2. The minimum Gasteiger partial charge on any atom is -0.288 e. The lowest BCUT2D eigenvalue weighted by molar-refractivity contribution is 0.0951. The molecule has 0 spiro atoms. The summed E-state index contributed by atoms with van der Waals surface area (Å²) in [7, 11) is 1.81. The monoisotopic (exact) mass is 266 g/mol. The number of amides is 1. The molecule has 0 radical (unpaired) electrons. The quantitative estimate of drug-likeness (QED) is 0.715. The van der Waals surface area contributed by atoms with Gasteiger partial charge in [0.25, 0.3) is 5.91 Å². The molecule has 0 bridgehead atoms. The summed E-state index contributed by atoms with van der Waals surface area (Å²) in [6.45, 7) is 0. The van der Waals surface area contributed by atoms with Crippen molar-refractivity contribution in [1.29, 1.82) is 0 Å². The molecule has 0 atom stereocenters. The highest BCUT2D eigenvalue weighted by molar-refractivity contribution is 5.98. The summed E-state index contributed by atoms with van der Waals surface area (Å²) >= 11 is 0. The minimum absolute atomic E-state index is 0.153. The lowest BCUT2D eigenvalue weighted by atomic mass is 10.1. The van der Waals surface area contributed by atoms with Crippen molar-refractivity contribution in [2.24, 2.45) is 0 Å². The molecule has 2 N–H and O–H groups in total. The second kappa shape index (κ2) is 5.05. The van der Waals surface area contributed by atoms with E-state index in [4.69, 9.17) is 0 Å². The van der Waals surface area contributed by atoms with E-state index in [1.54, 1.807) is 17.3 Å². The van der Waals surface area contributed by atoms with E-state index in [9.17, 15) is 4.79 Å². The maximum absolute atomic E-state index is 12.2. The van der Waals surface area contributed by atoms with Gasteiger partial charge in [0.15, 0.2) is 0 Å². The van der Waals surface area contributed by atoms with Gasteiger partial charge in [-0.25, -0.2) is 0 Å². The summed E-state index contributed by atoms with van der Waals surface area (Å²) in [5.41, 5.74) is 5.27. The number of hydrogen-bond donors (Lipinski definition) is 2. The third kappa shape index (κ3) is 2.33. The molecule has 1 heterocycles. The normalized spacial score (nSPS) is 10.4. The second-order valence-corrected chi connectivity index (χ2v) is 4.51. The van der Waals surface area contributed by atoms with E-state index in [1.165, 1.54) is 0 Å². The van der Waals surface area contributed by atoms with Crippen LogP contribution in [0, 0.1) is 0 Å². The lowest BCUT2D eigenvalue weighted by Crippen LogP contribution is -2.39. The van der Waals surface area contributed by atoms with Crippen LogP contribution in [0.5, 0.6) is 0 Å². The molecule has 0 aliphatic rings. The Hall–Kier alpha value is -2.82. The number of carbonyl (C=O) groups is 1. The number of nitrogens with one attached hydrogen (secondary N) is 2. The van der Waals surface area contributed by atoms with Crippen LogP contribution in [-0.2, 0) is 0 Å². The van der Waals surface area contributed by atoms with Gasteiger partial charge in [-0.3, -0.25) is 20.3 Å². The Balaban J connectivity index is 1.78. The van der Waals surface area contributed by atoms with Crippen LogP contribution in [-0.4, -0.2) is 23.2 Å². The van der Waals surface area contributed by atoms with Gasteiger partial charge in [0.2, 0.25) is 0 Å². The van der Waals surface area contributed by atoms with Gasteiger partial charge < -0.3 is 0 Å². The van der Waals surface area contributed by atoms with Crippen LogP contribution in [0.15, 0.2) is 54.7 Å². The highest BCUT2D eigenvalue weighted by atomic mass is 16.2. The first-order valence-electron chi connectivity index (χ1n) is 6.27. The summed E-state index contributed by atoms with van der Waals surface area (Å²) in [6.07, 6.45) is 1.70. The second-order valence-electron chi connectivity index (χ2n) is 4.51. The highest BCUT2D eigenvalue weighted by Crippen LogP contribution is 2.14. The largest absolute Gasteiger partial charge is 0.288 e. The molecule has 0 unspecified atom stereocenters. The Morgan fingerprint density at radius 2 is 2.00 bits per heavy atom. The average molecular weight is 266 g/mol. The Labute approximate surface area is 116 Å². The Morgan fingerprint density at radius 3 is 2.80 bits per heavy atom. The Morgan fingerprint density at radius 1 is 1.20 bits per heavy atom. The van der Waals surface area contributed by atoms with Gasteiger partial charge in [0.05, 0.1) is 17.4 Å². The number of H-pyrrole nitrogens is 1. The predicted molar refractivity (Wildman–Crippen MR) is 78.4 cm³/mol. The van der Waals surface area contributed by atoms with Gasteiger partial charge in [0.1, 0.15) is 0 Å². The standard InChI is InChI=1S/C15H14N4O/c1-19(13-5-3-2-4-6-13)18-15(20)11-7-8-14-12(9-11)10-16-17-14/h2-10H,1H3,(H,16,17)(H,18,20). The molecule has 100 valence electrons. The molecule has 1 amide bonds. The van der Waals surface area contributed by atoms with Crippen LogP contribution < -0.4 is 10.4 Å². The molecule has 1 aromatic heterocycles. The van der Waals surface area contributed by atoms with E-state index in [0.29, 0.717) is 5.56 Å². The first-order chi connectivity index (χ1) is 9.74. The summed E-state index contributed by atoms with van der Waals surface area (Å²) in [4.78, 5) is 12.2. The topological polar surface area (TPSA) is 61.0 Å². The number of aromatic amines is 1. The van der Waals surface area contributed by atoms with Crippen LogP contribution in [0.3, 0.4) is 0 Å². The summed E-state index contributed by atoms with van der Waals surface area (Å²) < 4.78 is 0. The maximum Gasteiger partial charge on any atom is 0.269 e. The number of carbonyl (C=O) groups excluding carboxylic acids is 1.